The van der Waals surface area contributed by atoms with Crippen molar-refractivity contribution in [2.24, 2.45) is 0 Å². The third-order valence-corrected chi connectivity index (χ3v) is 2.85. The molecule has 110 valence electrons. The maximum atomic E-state index is 11.2. The number of carbonyl (C=O) groups is 1. The van der Waals surface area contributed by atoms with Gasteiger partial charge in [-0.05, 0) is 37.1 Å². The summed E-state index contributed by atoms with van der Waals surface area (Å²) in [6.07, 6.45) is 7.99. The molecule has 0 aliphatic heterocycles. The monoisotopic (exact) mass is 276 g/mol. The molecule has 0 saturated heterocycles. The minimum Gasteiger partial charge on any atom is -0.494 e. The number of hydrogen-bond acceptors (Lipinski definition) is 3. The largest absolute Gasteiger partial charge is 0.494 e. The van der Waals surface area contributed by atoms with Crippen LogP contribution in [0.25, 0.3) is 6.08 Å². The Morgan fingerprint density at radius 3 is 2.50 bits per heavy atom. The van der Waals surface area contributed by atoms with E-state index in [2.05, 4.69) is 6.92 Å². The normalized spacial score (nSPS) is 10.7. The minimum absolute atomic E-state index is 0.316. The van der Waals surface area contributed by atoms with Crippen LogP contribution in [0, 0.1) is 0 Å². The topological polar surface area (TPSA) is 35.5 Å². The summed E-state index contributed by atoms with van der Waals surface area (Å²) in [6, 6.07) is 7.70. The highest BCUT2D eigenvalue weighted by Gasteiger charge is 1.96. The molecule has 0 atom stereocenters. The SMILES string of the molecule is CCCCCCOc1ccc(C=CC(=O)OCC)cc1. The van der Waals surface area contributed by atoms with Crippen molar-refractivity contribution in [3.05, 3.63) is 35.9 Å². The van der Waals surface area contributed by atoms with E-state index in [9.17, 15) is 4.79 Å². The zero-order chi connectivity index (χ0) is 14.6. The second-order valence-corrected chi connectivity index (χ2v) is 4.56. The fourth-order valence-electron chi connectivity index (χ4n) is 1.75. The van der Waals surface area contributed by atoms with Crippen LogP contribution in [0.2, 0.25) is 0 Å². The first-order chi connectivity index (χ1) is 9.76. The minimum atomic E-state index is -0.316. The van der Waals surface area contributed by atoms with Crippen molar-refractivity contribution in [1.82, 2.24) is 0 Å². The van der Waals surface area contributed by atoms with E-state index in [0.717, 1.165) is 24.3 Å². The van der Waals surface area contributed by atoms with Crippen LogP contribution in [-0.2, 0) is 9.53 Å². The van der Waals surface area contributed by atoms with Crippen molar-refractivity contribution >= 4 is 12.0 Å². The van der Waals surface area contributed by atoms with Gasteiger partial charge in [-0.15, -0.1) is 0 Å². The van der Waals surface area contributed by atoms with Crippen LogP contribution in [0.4, 0.5) is 0 Å². The van der Waals surface area contributed by atoms with Gasteiger partial charge in [-0.1, -0.05) is 38.3 Å². The van der Waals surface area contributed by atoms with Crippen LogP contribution in [0.5, 0.6) is 5.75 Å². The molecule has 1 aromatic rings. The number of rotatable bonds is 9. The Bertz CT molecular complexity index is 407. The number of ether oxygens (including phenoxy) is 2. The fraction of sp³-hybridized carbons (Fsp3) is 0.471. The van der Waals surface area contributed by atoms with Crippen molar-refractivity contribution in [2.75, 3.05) is 13.2 Å². The first-order valence-electron chi connectivity index (χ1n) is 7.34. The summed E-state index contributed by atoms with van der Waals surface area (Å²) in [5, 5.41) is 0. The fourth-order valence-corrected chi connectivity index (χ4v) is 1.75. The van der Waals surface area contributed by atoms with E-state index in [1.807, 2.05) is 24.3 Å². The van der Waals surface area contributed by atoms with E-state index in [1.165, 1.54) is 25.3 Å². The average Bonchev–Trinajstić information content (AvgIpc) is 2.46. The van der Waals surface area contributed by atoms with Crippen molar-refractivity contribution in [3.63, 3.8) is 0 Å². The summed E-state index contributed by atoms with van der Waals surface area (Å²) >= 11 is 0. The third kappa shape index (κ3) is 6.98. The predicted octanol–water partition coefficient (Wildman–Crippen LogP) is 4.22. The second-order valence-electron chi connectivity index (χ2n) is 4.56. The van der Waals surface area contributed by atoms with E-state index < -0.39 is 0 Å². The second kappa shape index (κ2) is 10.1. The molecule has 0 aliphatic carbocycles. The first kappa shape index (κ1) is 16.3. The Balaban J connectivity index is 2.34. The van der Waals surface area contributed by atoms with Gasteiger partial charge in [0.1, 0.15) is 5.75 Å². The molecule has 0 aromatic heterocycles. The highest BCUT2D eigenvalue weighted by atomic mass is 16.5. The molecule has 0 N–H and O–H groups in total. The lowest BCUT2D eigenvalue weighted by atomic mass is 10.2. The van der Waals surface area contributed by atoms with Gasteiger partial charge in [0, 0.05) is 6.08 Å². The molecule has 0 unspecified atom stereocenters. The zero-order valence-corrected chi connectivity index (χ0v) is 12.4. The van der Waals surface area contributed by atoms with Crippen molar-refractivity contribution < 1.29 is 14.3 Å². The molecular formula is C17H24O3. The quantitative estimate of drug-likeness (QED) is 0.385. The van der Waals surface area contributed by atoms with Crippen LogP contribution in [0.3, 0.4) is 0 Å². The Hall–Kier alpha value is -1.77. The summed E-state index contributed by atoms with van der Waals surface area (Å²) in [7, 11) is 0. The molecule has 0 aliphatic rings. The predicted molar refractivity (Wildman–Crippen MR) is 81.7 cm³/mol. The van der Waals surface area contributed by atoms with Gasteiger partial charge in [0.25, 0.3) is 0 Å². The Labute approximate surface area is 121 Å². The van der Waals surface area contributed by atoms with Crippen LogP contribution in [0.15, 0.2) is 30.3 Å². The van der Waals surface area contributed by atoms with E-state index in [1.54, 1.807) is 13.0 Å². The molecule has 3 nitrogen and oxygen atoms in total. The van der Waals surface area contributed by atoms with Gasteiger partial charge in [0.05, 0.1) is 13.2 Å². The maximum Gasteiger partial charge on any atom is 0.330 e. The van der Waals surface area contributed by atoms with E-state index in [0.29, 0.717) is 6.61 Å². The molecule has 0 radical (unpaired) electrons. The van der Waals surface area contributed by atoms with Gasteiger partial charge in [-0.25, -0.2) is 4.79 Å². The zero-order valence-electron chi connectivity index (χ0n) is 12.4. The van der Waals surface area contributed by atoms with E-state index >= 15 is 0 Å². The van der Waals surface area contributed by atoms with Gasteiger partial charge in [0.15, 0.2) is 0 Å². The number of esters is 1. The summed E-state index contributed by atoms with van der Waals surface area (Å²) in [5.74, 6) is 0.554. The van der Waals surface area contributed by atoms with Gasteiger partial charge < -0.3 is 9.47 Å². The molecule has 0 bridgehead atoms. The highest BCUT2D eigenvalue weighted by Crippen LogP contribution is 2.14. The Kier molecular flexibility index (Phi) is 8.20. The molecule has 1 rings (SSSR count). The van der Waals surface area contributed by atoms with Crippen LogP contribution < -0.4 is 4.74 Å². The molecule has 3 heteroatoms. The smallest absolute Gasteiger partial charge is 0.330 e. The van der Waals surface area contributed by atoms with Gasteiger partial charge in [-0.2, -0.15) is 0 Å². The lowest BCUT2D eigenvalue weighted by Gasteiger charge is -2.06. The van der Waals surface area contributed by atoms with Gasteiger partial charge >= 0.3 is 5.97 Å². The standard InChI is InChI=1S/C17H24O3/c1-3-5-6-7-14-20-16-11-8-15(9-12-16)10-13-17(18)19-4-2/h8-13H,3-7,14H2,1-2H3. The van der Waals surface area contributed by atoms with Crippen LogP contribution in [-0.4, -0.2) is 19.2 Å². The van der Waals surface area contributed by atoms with Crippen LogP contribution in [0.1, 0.15) is 45.1 Å². The van der Waals surface area contributed by atoms with Crippen LogP contribution >= 0.6 is 0 Å². The van der Waals surface area contributed by atoms with Crippen molar-refractivity contribution in [2.45, 2.75) is 39.5 Å². The molecule has 20 heavy (non-hydrogen) atoms. The average molecular weight is 276 g/mol. The van der Waals surface area contributed by atoms with E-state index in [-0.39, 0.29) is 5.97 Å². The number of benzene rings is 1. The summed E-state index contributed by atoms with van der Waals surface area (Å²) < 4.78 is 10.5. The lowest BCUT2D eigenvalue weighted by Crippen LogP contribution is -1.98. The molecule has 0 spiro atoms. The third-order valence-electron chi connectivity index (χ3n) is 2.85. The molecular weight excluding hydrogens is 252 g/mol. The van der Waals surface area contributed by atoms with Gasteiger partial charge in [0.2, 0.25) is 0 Å². The number of unbranched alkanes of at least 4 members (excludes halogenated alkanes) is 3. The lowest BCUT2D eigenvalue weighted by molar-refractivity contribution is -0.137. The van der Waals surface area contributed by atoms with Gasteiger partial charge in [-0.3, -0.25) is 0 Å². The number of carbonyl (C=O) groups excluding carboxylic acids is 1. The van der Waals surface area contributed by atoms with Crippen molar-refractivity contribution in [3.8, 4) is 5.75 Å². The number of hydrogen-bond donors (Lipinski definition) is 0. The molecule has 1 aromatic carbocycles. The molecule has 0 amide bonds. The molecule has 0 heterocycles. The summed E-state index contributed by atoms with van der Waals surface area (Å²) in [5.41, 5.74) is 0.955. The maximum absolute atomic E-state index is 11.2. The summed E-state index contributed by atoms with van der Waals surface area (Å²) in [4.78, 5) is 11.2. The Morgan fingerprint density at radius 2 is 1.85 bits per heavy atom. The van der Waals surface area contributed by atoms with E-state index in [4.69, 9.17) is 9.47 Å². The first-order valence-corrected chi connectivity index (χ1v) is 7.34. The molecule has 0 saturated carbocycles. The Morgan fingerprint density at radius 1 is 1.10 bits per heavy atom. The highest BCUT2D eigenvalue weighted by molar-refractivity contribution is 5.87. The summed E-state index contributed by atoms with van der Waals surface area (Å²) in [6.45, 7) is 5.15. The molecule has 0 fully saturated rings. The van der Waals surface area contributed by atoms with Crippen molar-refractivity contribution in [1.29, 1.82) is 0 Å².